The van der Waals surface area contributed by atoms with Crippen LogP contribution in [0.1, 0.15) is 25.0 Å². The highest BCUT2D eigenvalue weighted by Crippen LogP contribution is 2.19. The standard InChI is InChI=1S/C23H32N4O5/c1-15(2)11-26-21-20(25(14-24-21)8-9-31-5)22(29)27(23(26)30)12-18(28)13-32-19-10-16(3)6-7-17(19)4/h6-7,10,14-15,18,28H,8-9,11-13H2,1-5H3/t18-/m0/s1. The maximum Gasteiger partial charge on any atom is 0.332 e. The second-order valence-electron chi connectivity index (χ2n) is 8.54. The number of ether oxygens (including phenoxy) is 2. The number of aromatic nitrogens is 4. The second-order valence-corrected chi connectivity index (χ2v) is 8.54. The molecule has 1 aromatic carbocycles. The molecule has 0 aliphatic rings. The molecule has 9 nitrogen and oxygen atoms in total. The average Bonchev–Trinajstić information content (AvgIpc) is 3.17. The quantitative estimate of drug-likeness (QED) is 0.511. The lowest BCUT2D eigenvalue weighted by Gasteiger charge is -2.17. The molecule has 2 heterocycles. The monoisotopic (exact) mass is 444 g/mol. The summed E-state index contributed by atoms with van der Waals surface area (Å²) in [6.45, 7) is 8.89. The Morgan fingerprint density at radius 2 is 1.88 bits per heavy atom. The number of aliphatic hydroxyl groups excluding tert-OH is 1. The van der Waals surface area contributed by atoms with Crippen LogP contribution in [-0.4, -0.2) is 50.2 Å². The normalized spacial score (nSPS) is 12.6. The number of benzene rings is 1. The maximum absolute atomic E-state index is 13.2. The van der Waals surface area contributed by atoms with Crippen LogP contribution in [0.4, 0.5) is 0 Å². The number of imidazole rings is 1. The van der Waals surface area contributed by atoms with Crippen molar-refractivity contribution >= 4 is 11.2 Å². The van der Waals surface area contributed by atoms with Gasteiger partial charge in [-0.1, -0.05) is 26.0 Å². The van der Waals surface area contributed by atoms with Crippen molar-refractivity contribution in [2.24, 2.45) is 5.92 Å². The highest BCUT2D eigenvalue weighted by molar-refractivity contribution is 5.70. The van der Waals surface area contributed by atoms with Crippen molar-refractivity contribution < 1.29 is 14.6 Å². The summed E-state index contributed by atoms with van der Waals surface area (Å²) in [6, 6.07) is 5.82. The summed E-state index contributed by atoms with van der Waals surface area (Å²) >= 11 is 0. The molecule has 3 rings (SSSR count). The van der Waals surface area contributed by atoms with Gasteiger partial charge in [0, 0.05) is 20.2 Å². The predicted octanol–water partition coefficient (Wildman–Crippen LogP) is 1.72. The molecule has 0 saturated carbocycles. The van der Waals surface area contributed by atoms with E-state index in [0.29, 0.717) is 36.6 Å². The minimum atomic E-state index is -1.04. The van der Waals surface area contributed by atoms with E-state index in [1.807, 2.05) is 45.9 Å². The lowest BCUT2D eigenvalue weighted by molar-refractivity contribution is 0.0897. The topological polar surface area (TPSA) is 101 Å². The molecule has 0 fully saturated rings. The summed E-state index contributed by atoms with van der Waals surface area (Å²) in [5.74, 6) is 0.838. The van der Waals surface area contributed by atoms with E-state index in [4.69, 9.17) is 9.47 Å². The first kappa shape index (κ1) is 23.7. The molecule has 174 valence electrons. The van der Waals surface area contributed by atoms with Gasteiger partial charge < -0.3 is 19.1 Å². The molecule has 0 unspecified atom stereocenters. The van der Waals surface area contributed by atoms with Crippen LogP contribution in [-0.2, 0) is 24.4 Å². The molecule has 32 heavy (non-hydrogen) atoms. The molecule has 0 amide bonds. The van der Waals surface area contributed by atoms with E-state index in [1.54, 1.807) is 18.0 Å². The summed E-state index contributed by atoms with van der Waals surface area (Å²) in [5, 5.41) is 10.6. The van der Waals surface area contributed by atoms with Gasteiger partial charge in [0.25, 0.3) is 5.56 Å². The number of hydrogen-bond acceptors (Lipinski definition) is 6. The molecule has 1 atom stereocenters. The van der Waals surface area contributed by atoms with Crippen LogP contribution in [0.25, 0.3) is 11.2 Å². The maximum atomic E-state index is 13.2. The molecule has 0 saturated heterocycles. The van der Waals surface area contributed by atoms with E-state index in [9.17, 15) is 14.7 Å². The van der Waals surface area contributed by atoms with Gasteiger partial charge in [0.05, 0.1) is 19.5 Å². The van der Waals surface area contributed by atoms with Gasteiger partial charge in [-0.2, -0.15) is 0 Å². The molecular formula is C23H32N4O5. The van der Waals surface area contributed by atoms with Crippen LogP contribution in [0.5, 0.6) is 5.75 Å². The number of hydrogen-bond donors (Lipinski definition) is 1. The third-order valence-electron chi connectivity index (χ3n) is 5.24. The Kier molecular flexibility index (Phi) is 7.52. The van der Waals surface area contributed by atoms with E-state index in [-0.39, 0.29) is 19.1 Å². The first-order valence-electron chi connectivity index (χ1n) is 10.8. The molecule has 1 N–H and O–H groups in total. The third-order valence-corrected chi connectivity index (χ3v) is 5.24. The zero-order chi connectivity index (χ0) is 23.4. The van der Waals surface area contributed by atoms with Crippen molar-refractivity contribution in [1.82, 2.24) is 18.7 Å². The molecule has 3 aromatic rings. The molecule has 0 spiro atoms. The largest absolute Gasteiger partial charge is 0.491 e. The SMILES string of the molecule is COCCn1cnc2c1c(=O)n(C[C@H](O)COc1cc(C)ccc1C)c(=O)n2CC(C)C. The van der Waals surface area contributed by atoms with Crippen molar-refractivity contribution in [2.45, 2.75) is 53.4 Å². The Morgan fingerprint density at radius 1 is 1.12 bits per heavy atom. The number of aryl methyl sites for hydroxylation is 2. The molecule has 2 aromatic heterocycles. The Labute approximate surface area is 186 Å². The van der Waals surface area contributed by atoms with Crippen molar-refractivity contribution in [2.75, 3.05) is 20.3 Å². The average molecular weight is 445 g/mol. The predicted molar refractivity (Wildman–Crippen MR) is 122 cm³/mol. The smallest absolute Gasteiger partial charge is 0.332 e. The van der Waals surface area contributed by atoms with Gasteiger partial charge in [-0.15, -0.1) is 0 Å². The number of nitrogens with zero attached hydrogens (tertiary/aromatic N) is 4. The van der Waals surface area contributed by atoms with Crippen LogP contribution in [0.3, 0.4) is 0 Å². The molecule has 9 heteroatoms. The van der Waals surface area contributed by atoms with E-state index in [0.717, 1.165) is 15.7 Å². The minimum Gasteiger partial charge on any atom is -0.491 e. The summed E-state index contributed by atoms with van der Waals surface area (Å²) in [5.41, 5.74) is 1.70. The summed E-state index contributed by atoms with van der Waals surface area (Å²) in [4.78, 5) is 30.7. The Morgan fingerprint density at radius 3 is 2.56 bits per heavy atom. The lowest BCUT2D eigenvalue weighted by Crippen LogP contribution is -2.44. The number of fused-ring (bicyclic) bond motifs is 1. The van der Waals surface area contributed by atoms with E-state index in [1.165, 1.54) is 4.57 Å². The zero-order valence-corrected chi connectivity index (χ0v) is 19.4. The van der Waals surface area contributed by atoms with Gasteiger partial charge >= 0.3 is 5.69 Å². The first-order valence-corrected chi connectivity index (χ1v) is 10.8. The Balaban J connectivity index is 1.94. The fraction of sp³-hybridized carbons (Fsp3) is 0.522. The summed E-state index contributed by atoms with van der Waals surface area (Å²) in [6.07, 6.45) is 0.506. The molecule has 0 aliphatic heterocycles. The van der Waals surface area contributed by atoms with Gasteiger partial charge in [-0.3, -0.25) is 13.9 Å². The number of methoxy groups -OCH3 is 1. The van der Waals surface area contributed by atoms with E-state index >= 15 is 0 Å². The summed E-state index contributed by atoms with van der Waals surface area (Å²) in [7, 11) is 1.58. The van der Waals surface area contributed by atoms with Crippen LogP contribution in [0.15, 0.2) is 34.1 Å². The van der Waals surface area contributed by atoms with Gasteiger partial charge in [-0.25, -0.2) is 9.78 Å². The lowest BCUT2D eigenvalue weighted by atomic mass is 10.1. The molecule has 0 radical (unpaired) electrons. The highest BCUT2D eigenvalue weighted by Gasteiger charge is 2.20. The Hall–Kier alpha value is -2.91. The fourth-order valence-electron chi connectivity index (χ4n) is 3.60. The van der Waals surface area contributed by atoms with Crippen molar-refractivity contribution in [3.8, 4) is 5.75 Å². The molecule has 0 aliphatic carbocycles. The molecular weight excluding hydrogens is 412 g/mol. The first-order chi connectivity index (χ1) is 15.2. The Bertz CT molecular complexity index is 1190. The van der Waals surface area contributed by atoms with Crippen molar-refractivity contribution in [3.05, 3.63) is 56.5 Å². The van der Waals surface area contributed by atoms with Crippen LogP contribution in [0, 0.1) is 19.8 Å². The van der Waals surface area contributed by atoms with Crippen molar-refractivity contribution in [1.29, 1.82) is 0 Å². The zero-order valence-electron chi connectivity index (χ0n) is 19.4. The highest BCUT2D eigenvalue weighted by atomic mass is 16.5. The molecule has 0 bridgehead atoms. The fourth-order valence-corrected chi connectivity index (χ4v) is 3.60. The van der Waals surface area contributed by atoms with Crippen LogP contribution in [0.2, 0.25) is 0 Å². The van der Waals surface area contributed by atoms with Crippen molar-refractivity contribution in [3.63, 3.8) is 0 Å². The van der Waals surface area contributed by atoms with Gasteiger partial charge in [0.2, 0.25) is 0 Å². The van der Waals surface area contributed by atoms with Crippen LogP contribution >= 0.6 is 0 Å². The second kappa shape index (κ2) is 10.1. The number of rotatable bonds is 10. The van der Waals surface area contributed by atoms with Crippen LogP contribution < -0.4 is 16.0 Å². The summed E-state index contributed by atoms with van der Waals surface area (Å²) < 4.78 is 15.2. The number of aliphatic hydroxyl groups is 1. The van der Waals surface area contributed by atoms with Gasteiger partial charge in [-0.05, 0) is 37.0 Å². The third kappa shape index (κ3) is 5.11. The van der Waals surface area contributed by atoms with Gasteiger partial charge in [0.1, 0.15) is 18.5 Å². The van der Waals surface area contributed by atoms with E-state index in [2.05, 4.69) is 4.98 Å². The van der Waals surface area contributed by atoms with E-state index < -0.39 is 17.4 Å². The minimum absolute atomic E-state index is 0.0403. The van der Waals surface area contributed by atoms with Gasteiger partial charge in [0.15, 0.2) is 11.2 Å².